The highest BCUT2D eigenvalue weighted by Crippen LogP contribution is 2.04. The molecule has 0 aliphatic heterocycles. The average molecular weight is 205 g/mol. The fraction of sp³-hybridized carbons (Fsp3) is 0.333. The molecule has 2 heterocycles. The highest BCUT2D eigenvalue weighted by Gasteiger charge is 2.02. The summed E-state index contributed by atoms with van der Waals surface area (Å²) in [6.45, 7) is 0.168. The number of rotatable bonds is 4. The lowest BCUT2D eigenvalue weighted by molar-refractivity contribution is 0.288. The minimum Gasteiger partial charge on any atom is -0.396 e. The molecule has 0 spiro atoms. The van der Waals surface area contributed by atoms with Crippen LogP contribution >= 0.6 is 0 Å². The summed E-state index contributed by atoms with van der Waals surface area (Å²) >= 11 is 0. The Morgan fingerprint density at radius 1 is 1.27 bits per heavy atom. The van der Waals surface area contributed by atoms with Crippen molar-refractivity contribution in [2.45, 2.75) is 12.8 Å². The van der Waals surface area contributed by atoms with E-state index < -0.39 is 0 Å². The zero-order chi connectivity index (χ0) is 10.5. The van der Waals surface area contributed by atoms with Gasteiger partial charge in [0.1, 0.15) is 12.0 Å². The Balaban J connectivity index is 2.14. The van der Waals surface area contributed by atoms with Crippen LogP contribution < -0.4 is 0 Å². The molecule has 0 radical (unpaired) electrons. The van der Waals surface area contributed by atoms with E-state index in [2.05, 4.69) is 20.3 Å². The van der Waals surface area contributed by atoms with E-state index in [9.17, 15) is 0 Å². The number of hydrogen-bond donors (Lipinski definition) is 1. The van der Waals surface area contributed by atoms with Crippen molar-refractivity contribution in [3.63, 3.8) is 0 Å². The maximum atomic E-state index is 8.68. The molecule has 15 heavy (non-hydrogen) atoms. The van der Waals surface area contributed by atoms with Crippen LogP contribution in [0.1, 0.15) is 12.1 Å². The van der Waals surface area contributed by atoms with Crippen LogP contribution in [-0.2, 0) is 6.42 Å². The van der Waals surface area contributed by atoms with Gasteiger partial charge in [0, 0.05) is 6.61 Å². The van der Waals surface area contributed by atoms with E-state index >= 15 is 0 Å². The van der Waals surface area contributed by atoms with Crippen LogP contribution in [0.2, 0.25) is 0 Å². The molecule has 2 aromatic heterocycles. The van der Waals surface area contributed by atoms with Gasteiger partial charge in [-0.15, -0.1) is 5.10 Å². The van der Waals surface area contributed by atoms with Gasteiger partial charge in [-0.05, 0) is 12.8 Å². The third kappa shape index (κ3) is 2.35. The zero-order valence-corrected chi connectivity index (χ0v) is 8.11. The van der Waals surface area contributed by atoms with Crippen molar-refractivity contribution in [3.8, 4) is 5.69 Å². The molecule has 0 bridgehead atoms. The zero-order valence-electron chi connectivity index (χ0n) is 8.11. The van der Waals surface area contributed by atoms with Gasteiger partial charge >= 0.3 is 0 Å². The van der Waals surface area contributed by atoms with Crippen molar-refractivity contribution >= 4 is 0 Å². The molecule has 6 heteroatoms. The van der Waals surface area contributed by atoms with Crippen LogP contribution in [0, 0.1) is 0 Å². The predicted octanol–water partition coefficient (Wildman–Crippen LogP) is -0.0178. The van der Waals surface area contributed by atoms with Crippen LogP contribution in [-0.4, -0.2) is 36.7 Å². The molecule has 0 fully saturated rings. The molecule has 0 saturated heterocycles. The van der Waals surface area contributed by atoms with Gasteiger partial charge in [0.15, 0.2) is 0 Å². The molecule has 0 aliphatic rings. The first-order valence-electron chi connectivity index (χ1n) is 4.67. The maximum Gasteiger partial charge on any atom is 0.115 e. The summed E-state index contributed by atoms with van der Waals surface area (Å²) in [5.74, 6) is 0. The summed E-state index contributed by atoms with van der Waals surface area (Å²) < 4.78 is 1.62. The molecule has 2 aromatic rings. The second kappa shape index (κ2) is 4.61. The predicted molar refractivity (Wildman–Crippen MR) is 52.4 cm³/mol. The van der Waals surface area contributed by atoms with Gasteiger partial charge in [0.05, 0.1) is 24.3 Å². The Morgan fingerprint density at radius 2 is 2.07 bits per heavy atom. The topological polar surface area (TPSA) is 76.7 Å². The number of hydrogen-bond acceptors (Lipinski definition) is 5. The number of aliphatic hydroxyl groups is 1. The van der Waals surface area contributed by atoms with Crippen molar-refractivity contribution in [1.82, 2.24) is 25.0 Å². The molecule has 6 nitrogen and oxygen atoms in total. The fourth-order valence-corrected chi connectivity index (χ4v) is 1.21. The average Bonchev–Trinajstić information content (AvgIpc) is 2.76. The third-order valence-corrected chi connectivity index (χ3v) is 1.94. The molecular weight excluding hydrogens is 194 g/mol. The van der Waals surface area contributed by atoms with Gasteiger partial charge < -0.3 is 5.11 Å². The smallest absolute Gasteiger partial charge is 0.115 e. The first kappa shape index (κ1) is 9.72. The minimum absolute atomic E-state index is 0.168. The number of nitrogens with zero attached hydrogens (tertiary/aromatic N) is 5. The van der Waals surface area contributed by atoms with E-state index in [1.54, 1.807) is 17.1 Å². The summed E-state index contributed by atoms with van der Waals surface area (Å²) in [4.78, 5) is 7.79. The van der Waals surface area contributed by atoms with Crippen molar-refractivity contribution in [1.29, 1.82) is 0 Å². The third-order valence-electron chi connectivity index (χ3n) is 1.94. The normalized spacial score (nSPS) is 10.5. The van der Waals surface area contributed by atoms with Crippen LogP contribution in [0.5, 0.6) is 0 Å². The van der Waals surface area contributed by atoms with E-state index in [-0.39, 0.29) is 6.61 Å². The van der Waals surface area contributed by atoms with Gasteiger partial charge in [0.25, 0.3) is 0 Å². The monoisotopic (exact) mass is 205 g/mol. The first-order valence-corrected chi connectivity index (χ1v) is 4.67. The second-order valence-corrected chi connectivity index (χ2v) is 3.08. The number of aliphatic hydroxyl groups excluding tert-OH is 1. The summed E-state index contributed by atoms with van der Waals surface area (Å²) in [6.07, 6.45) is 8.03. The molecule has 78 valence electrons. The van der Waals surface area contributed by atoms with Crippen molar-refractivity contribution in [3.05, 3.63) is 30.6 Å². The van der Waals surface area contributed by atoms with Crippen molar-refractivity contribution in [2.75, 3.05) is 6.61 Å². The lowest BCUT2D eigenvalue weighted by Gasteiger charge is -1.95. The van der Waals surface area contributed by atoms with Crippen LogP contribution in [0.25, 0.3) is 5.69 Å². The Bertz CT molecular complexity index is 413. The highest BCUT2D eigenvalue weighted by molar-refractivity contribution is 5.22. The number of aromatic nitrogens is 5. The molecule has 0 unspecified atom stereocenters. The van der Waals surface area contributed by atoms with Crippen molar-refractivity contribution < 1.29 is 5.11 Å². The second-order valence-electron chi connectivity index (χ2n) is 3.08. The summed E-state index contributed by atoms with van der Waals surface area (Å²) in [5.41, 5.74) is 1.63. The fourth-order valence-electron chi connectivity index (χ4n) is 1.21. The van der Waals surface area contributed by atoms with E-state index in [1.807, 2.05) is 6.20 Å². The molecule has 0 saturated carbocycles. The van der Waals surface area contributed by atoms with E-state index in [1.165, 1.54) is 6.33 Å². The molecule has 0 aromatic carbocycles. The molecular formula is C9H11N5O. The Hall–Kier alpha value is -1.82. The summed E-state index contributed by atoms with van der Waals surface area (Å²) in [6, 6.07) is 0. The molecule has 0 atom stereocenters. The van der Waals surface area contributed by atoms with Crippen LogP contribution in [0.3, 0.4) is 0 Å². The Kier molecular flexibility index (Phi) is 2.99. The number of aryl methyl sites for hydroxylation is 1. The van der Waals surface area contributed by atoms with Gasteiger partial charge in [0.2, 0.25) is 0 Å². The highest BCUT2D eigenvalue weighted by atomic mass is 16.2. The lowest BCUT2D eigenvalue weighted by atomic mass is 10.3. The molecule has 0 amide bonds. The van der Waals surface area contributed by atoms with Crippen molar-refractivity contribution in [2.24, 2.45) is 0 Å². The van der Waals surface area contributed by atoms with E-state index in [0.717, 1.165) is 17.8 Å². The quantitative estimate of drug-likeness (QED) is 0.759. The van der Waals surface area contributed by atoms with E-state index in [0.29, 0.717) is 6.42 Å². The summed E-state index contributed by atoms with van der Waals surface area (Å²) in [5, 5.41) is 16.6. The molecule has 2 rings (SSSR count). The summed E-state index contributed by atoms with van der Waals surface area (Å²) in [7, 11) is 0. The van der Waals surface area contributed by atoms with Gasteiger partial charge in [-0.2, -0.15) is 0 Å². The largest absolute Gasteiger partial charge is 0.396 e. The van der Waals surface area contributed by atoms with Gasteiger partial charge in [-0.3, -0.25) is 0 Å². The van der Waals surface area contributed by atoms with E-state index in [4.69, 9.17) is 5.11 Å². The maximum absolute atomic E-state index is 8.68. The molecule has 1 N–H and O–H groups in total. The Morgan fingerprint density at radius 3 is 2.80 bits per heavy atom. The molecule has 0 aliphatic carbocycles. The van der Waals surface area contributed by atoms with Gasteiger partial charge in [-0.25, -0.2) is 14.6 Å². The van der Waals surface area contributed by atoms with Crippen LogP contribution in [0.15, 0.2) is 24.9 Å². The first-order chi connectivity index (χ1) is 7.40. The standard InChI is InChI=1S/C9H11N5O/c15-3-1-2-8-6-14(13-12-8)9-4-10-7-11-5-9/h4-7,15H,1-3H2. The van der Waals surface area contributed by atoms with Crippen LogP contribution in [0.4, 0.5) is 0 Å². The SMILES string of the molecule is OCCCc1cn(-c2cncnc2)nn1. The van der Waals surface area contributed by atoms with Gasteiger partial charge in [-0.1, -0.05) is 5.21 Å². The Labute approximate surface area is 86.6 Å². The minimum atomic E-state index is 0.168. The lowest BCUT2D eigenvalue weighted by Crippen LogP contribution is -1.95.